The number of rotatable bonds is 4. The number of fused-ring (bicyclic) bond motifs is 1. The molecule has 6 nitrogen and oxygen atoms in total. The first kappa shape index (κ1) is 19.8. The molecule has 0 aliphatic rings. The van der Waals surface area contributed by atoms with Gasteiger partial charge >= 0.3 is 0 Å². The fourth-order valence-electron chi connectivity index (χ4n) is 2.89. The maximum absolute atomic E-state index is 12.5. The Kier molecular flexibility index (Phi) is 5.60. The minimum Gasteiger partial charge on any atom is -0.451 e. The molecule has 0 bridgehead atoms. The molecule has 8 heteroatoms. The number of furan rings is 1. The fourth-order valence-corrected chi connectivity index (χ4v) is 3.72. The number of thiophene rings is 1. The molecule has 2 aromatic carbocycles. The Bertz CT molecular complexity index is 1210. The Balaban J connectivity index is 1.40. The molecule has 2 aromatic heterocycles. The van der Waals surface area contributed by atoms with Crippen LogP contribution in [0.4, 0.5) is 11.4 Å². The average molecular weight is 436 g/mol. The lowest BCUT2D eigenvalue weighted by Gasteiger charge is -2.12. The Morgan fingerprint density at radius 2 is 1.80 bits per heavy atom. The lowest BCUT2D eigenvalue weighted by atomic mass is 10.1. The van der Waals surface area contributed by atoms with E-state index in [9.17, 15) is 9.59 Å². The first-order chi connectivity index (χ1) is 14.5. The van der Waals surface area contributed by atoms with Crippen LogP contribution >= 0.6 is 23.6 Å². The van der Waals surface area contributed by atoms with Gasteiger partial charge in [-0.25, -0.2) is 0 Å². The molecular weight excluding hydrogens is 418 g/mol. The summed E-state index contributed by atoms with van der Waals surface area (Å²) in [5.41, 5.74) is 2.85. The van der Waals surface area contributed by atoms with Crippen LogP contribution in [-0.4, -0.2) is 16.9 Å². The van der Waals surface area contributed by atoms with E-state index in [1.807, 2.05) is 42.6 Å². The van der Waals surface area contributed by atoms with Gasteiger partial charge in [-0.2, -0.15) is 0 Å². The zero-order valence-electron chi connectivity index (χ0n) is 15.9. The SMILES string of the molecule is Cc1cc(NC(=S)NC(=O)c2cccs2)ccc1NC(=O)c1cc2ccccc2o1. The van der Waals surface area contributed by atoms with E-state index in [-0.39, 0.29) is 22.7 Å². The third kappa shape index (κ3) is 4.40. The standard InChI is InChI=1S/C22H17N3O3S2/c1-13-11-15(23-22(29)25-21(27)19-7-4-10-30-19)8-9-16(13)24-20(26)18-12-14-5-2-3-6-17(14)28-18/h2-12H,1H3,(H,24,26)(H2,23,25,27,29). The highest BCUT2D eigenvalue weighted by Gasteiger charge is 2.14. The number of carbonyl (C=O) groups is 2. The summed E-state index contributed by atoms with van der Waals surface area (Å²) in [7, 11) is 0. The molecule has 2 heterocycles. The van der Waals surface area contributed by atoms with Gasteiger partial charge in [0.25, 0.3) is 11.8 Å². The second-order valence-corrected chi connectivity index (χ2v) is 7.87. The lowest BCUT2D eigenvalue weighted by molar-refractivity contribution is 0.0978. The number of thiocarbonyl (C=S) groups is 1. The highest BCUT2D eigenvalue weighted by atomic mass is 32.1. The van der Waals surface area contributed by atoms with E-state index < -0.39 is 0 Å². The summed E-state index contributed by atoms with van der Waals surface area (Å²) in [6.45, 7) is 1.87. The van der Waals surface area contributed by atoms with Gasteiger partial charge in [0.1, 0.15) is 5.58 Å². The van der Waals surface area contributed by atoms with Crippen molar-refractivity contribution >= 4 is 62.8 Å². The number of para-hydroxylation sites is 1. The second-order valence-electron chi connectivity index (χ2n) is 6.52. The molecule has 0 saturated carbocycles. The van der Waals surface area contributed by atoms with Gasteiger partial charge in [0.15, 0.2) is 10.9 Å². The summed E-state index contributed by atoms with van der Waals surface area (Å²) in [6, 6.07) is 18.1. The smallest absolute Gasteiger partial charge is 0.291 e. The van der Waals surface area contributed by atoms with Crippen molar-refractivity contribution in [2.24, 2.45) is 0 Å². The largest absolute Gasteiger partial charge is 0.451 e. The maximum atomic E-state index is 12.5. The van der Waals surface area contributed by atoms with E-state index >= 15 is 0 Å². The Labute approximate surface area is 181 Å². The minimum absolute atomic E-state index is 0.201. The van der Waals surface area contributed by atoms with Crippen LogP contribution in [0.15, 0.2) is 70.5 Å². The molecule has 4 aromatic rings. The van der Waals surface area contributed by atoms with Crippen LogP contribution in [0.25, 0.3) is 11.0 Å². The van der Waals surface area contributed by atoms with E-state index in [1.54, 1.807) is 30.3 Å². The topological polar surface area (TPSA) is 83.4 Å². The molecule has 0 fully saturated rings. The predicted octanol–water partition coefficient (Wildman–Crippen LogP) is 5.18. The molecule has 3 N–H and O–H groups in total. The van der Waals surface area contributed by atoms with Gasteiger partial charge in [-0.1, -0.05) is 24.3 Å². The number of anilines is 2. The zero-order valence-corrected chi connectivity index (χ0v) is 17.5. The third-order valence-corrected chi connectivity index (χ3v) is 5.43. The highest BCUT2D eigenvalue weighted by Crippen LogP contribution is 2.23. The minimum atomic E-state index is -0.325. The van der Waals surface area contributed by atoms with Crippen LogP contribution in [0.1, 0.15) is 25.8 Å². The van der Waals surface area contributed by atoms with Crippen molar-refractivity contribution in [3.8, 4) is 0 Å². The van der Waals surface area contributed by atoms with Crippen LogP contribution in [-0.2, 0) is 0 Å². The molecule has 0 radical (unpaired) electrons. The van der Waals surface area contributed by atoms with E-state index in [0.29, 0.717) is 21.8 Å². The van der Waals surface area contributed by atoms with Crippen LogP contribution in [0.5, 0.6) is 0 Å². The molecule has 150 valence electrons. The molecular formula is C22H17N3O3S2. The number of carbonyl (C=O) groups excluding carboxylic acids is 2. The lowest BCUT2D eigenvalue weighted by Crippen LogP contribution is -2.33. The molecule has 0 atom stereocenters. The number of amides is 2. The monoisotopic (exact) mass is 435 g/mol. The summed E-state index contributed by atoms with van der Waals surface area (Å²) in [5.74, 6) is -0.335. The van der Waals surface area contributed by atoms with Crippen molar-refractivity contribution in [1.29, 1.82) is 0 Å². The van der Waals surface area contributed by atoms with Gasteiger partial charge in [-0.15, -0.1) is 11.3 Å². The van der Waals surface area contributed by atoms with Crippen LogP contribution in [0.2, 0.25) is 0 Å². The van der Waals surface area contributed by atoms with Gasteiger partial charge in [-0.3, -0.25) is 14.9 Å². The summed E-state index contributed by atoms with van der Waals surface area (Å²) in [5, 5.41) is 11.4. The molecule has 30 heavy (non-hydrogen) atoms. The Morgan fingerprint density at radius 1 is 0.967 bits per heavy atom. The quantitative estimate of drug-likeness (QED) is 0.385. The number of aryl methyl sites for hydroxylation is 1. The normalized spacial score (nSPS) is 10.6. The van der Waals surface area contributed by atoms with Crippen LogP contribution in [0.3, 0.4) is 0 Å². The van der Waals surface area contributed by atoms with E-state index in [4.69, 9.17) is 16.6 Å². The number of hydrogen-bond donors (Lipinski definition) is 3. The molecule has 0 aliphatic carbocycles. The molecule has 0 spiro atoms. The number of nitrogens with one attached hydrogen (secondary N) is 3. The van der Waals surface area contributed by atoms with Crippen LogP contribution < -0.4 is 16.0 Å². The van der Waals surface area contributed by atoms with Gasteiger partial charge in [0.05, 0.1) is 4.88 Å². The van der Waals surface area contributed by atoms with Gasteiger partial charge in [-0.05, 0) is 66.5 Å². The molecule has 0 saturated heterocycles. The summed E-state index contributed by atoms with van der Waals surface area (Å²) < 4.78 is 5.60. The second kappa shape index (κ2) is 8.48. The third-order valence-electron chi connectivity index (χ3n) is 4.35. The summed E-state index contributed by atoms with van der Waals surface area (Å²) in [6.07, 6.45) is 0. The number of hydrogen-bond acceptors (Lipinski definition) is 5. The Hall–Kier alpha value is -3.49. The zero-order chi connectivity index (χ0) is 21.1. The van der Waals surface area contributed by atoms with Gasteiger partial charge in [0, 0.05) is 16.8 Å². The van der Waals surface area contributed by atoms with Crippen molar-refractivity contribution in [2.45, 2.75) is 6.92 Å². The van der Waals surface area contributed by atoms with Gasteiger partial charge < -0.3 is 15.1 Å². The maximum Gasteiger partial charge on any atom is 0.291 e. The van der Waals surface area contributed by atoms with Gasteiger partial charge in [0.2, 0.25) is 0 Å². The summed E-state index contributed by atoms with van der Waals surface area (Å²) >= 11 is 6.55. The first-order valence-corrected chi connectivity index (χ1v) is 10.3. The van der Waals surface area contributed by atoms with E-state index in [1.165, 1.54) is 11.3 Å². The molecule has 0 aliphatic heterocycles. The van der Waals surface area contributed by atoms with Crippen molar-refractivity contribution in [3.63, 3.8) is 0 Å². The predicted molar refractivity (Wildman–Crippen MR) is 123 cm³/mol. The Morgan fingerprint density at radius 3 is 2.53 bits per heavy atom. The van der Waals surface area contributed by atoms with E-state index in [0.717, 1.165) is 10.9 Å². The highest BCUT2D eigenvalue weighted by molar-refractivity contribution is 7.80. The summed E-state index contributed by atoms with van der Waals surface area (Å²) in [4.78, 5) is 25.2. The molecule has 4 rings (SSSR count). The van der Waals surface area contributed by atoms with Crippen molar-refractivity contribution in [3.05, 3.63) is 82.2 Å². The average Bonchev–Trinajstić information content (AvgIpc) is 3.39. The van der Waals surface area contributed by atoms with Crippen molar-refractivity contribution in [1.82, 2.24) is 5.32 Å². The first-order valence-electron chi connectivity index (χ1n) is 9.06. The van der Waals surface area contributed by atoms with Crippen molar-refractivity contribution in [2.75, 3.05) is 10.6 Å². The van der Waals surface area contributed by atoms with E-state index in [2.05, 4.69) is 16.0 Å². The van der Waals surface area contributed by atoms with Crippen LogP contribution in [0, 0.1) is 6.92 Å². The number of benzene rings is 2. The van der Waals surface area contributed by atoms with Crippen molar-refractivity contribution < 1.29 is 14.0 Å². The fraction of sp³-hybridized carbons (Fsp3) is 0.0455. The molecule has 2 amide bonds. The molecule has 0 unspecified atom stereocenters.